The highest BCUT2D eigenvalue weighted by molar-refractivity contribution is 6.11. The van der Waals surface area contributed by atoms with E-state index in [1.54, 1.807) is 6.26 Å². The fourth-order valence-electron chi connectivity index (χ4n) is 2.62. The molecule has 0 atom stereocenters. The molecular formula is C15H11NO. The fraction of sp³-hybridized carbons (Fsp3) is 0.0667. The quantitative estimate of drug-likeness (QED) is 0.437. The Balaban J connectivity index is 2.36. The second kappa shape index (κ2) is 2.92. The maximum absolute atomic E-state index is 5.46. The minimum Gasteiger partial charge on any atom is -0.464 e. The van der Waals surface area contributed by atoms with Crippen molar-refractivity contribution in [1.29, 1.82) is 0 Å². The lowest BCUT2D eigenvalue weighted by Gasteiger charge is -1.96. The van der Waals surface area contributed by atoms with Crippen molar-refractivity contribution in [3.63, 3.8) is 0 Å². The summed E-state index contributed by atoms with van der Waals surface area (Å²) in [4.78, 5) is 0. The molecule has 17 heavy (non-hydrogen) atoms. The Morgan fingerprint density at radius 1 is 0.941 bits per heavy atom. The number of hydrogen-bond acceptors (Lipinski definition) is 1. The fourth-order valence-corrected chi connectivity index (χ4v) is 2.62. The van der Waals surface area contributed by atoms with Crippen LogP contribution in [0.1, 0.15) is 0 Å². The minimum atomic E-state index is 0.948. The first-order chi connectivity index (χ1) is 8.34. The number of furan rings is 1. The van der Waals surface area contributed by atoms with Gasteiger partial charge >= 0.3 is 0 Å². The third-order valence-corrected chi connectivity index (χ3v) is 3.49. The van der Waals surface area contributed by atoms with Gasteiger partial charge in [0.1, 0.15) is 5.58 Å². The van der Waals surface area contributed by atoms with Crippen LogP contribution in [0.2, 0.25) is 0 Å². The first-order valence-corrected chi connectivity index (χ1v) is 5.69. The molecule has 0 fully saturated rings. The molecule has 0 aliphatic carbocycles. The van der Waals surface area contributed by atoms with E-state index in [0.29, 0.717) is 0 Å². The number of fused-ring (bicyclic) bond motifs is 4. The smallest absolute Gasteiger partial charge is 0.135 e. The van der Waals surface area contributed by atoms with Crippen molar-refractivity contribution >= 4 is 32.8 Å². The van der Waals surface area contributed by atoms with Crippen molar-refractivity contribution in [2.24, 2.45) is 7.05 Å². The van der Waals surface area contributed by atoms with Gasteiger partial charge in [0.2, 0.25) is 0 Å². The van der Waals surface area contributed by atoms with Crippen molar-refractivity contribution in [3.05, 3.63) is 48.7 Å². The summed E-state index contributed by atoms with van der Waals surface area (Å²) in [7, 11) is 2.10. The Morgan fingerprint density at radius 2 is 1.82 bits per heavy atom. The van der Waals surface area contributed by atoms with E-state index in [0.717, 1.165) is 11.0 Å². The lowest BCUT2D eigenvalue weighted by molar-refractivity contribution is 0.616. The Hall–Kier alpha value is -2.22. The SMILES string of the molecule is Cn1c2ccccc2c2cc3ccoc3cc21. The van der Waals surface area contributed by atoms with Gasteiger partial charge < -0.3 is 8.98 Å². The Labute approximate surface area is 98.1 Å². The molecule has 2 aromatic heterocycles. The predicted octanol–water partition coefficient (Wildman–Crippen LogP) is 4.08. The van der Waals surface area contributed by atoms with Crippen LogP contribution in [0.5, 0.6) is 0 Å². The van der Waals surface area contributed by atoms with Crippen LogP contribution in [0, 0.1) is 0 Å². The Kier molecular flexibility index (Phi) is 1.52. The lowest BCUT2D eigenvalue weighted by atomic mass is 10.1. The molecule has 0 aliphatic rings. The average Bonchev–Trinajstić information content (AvgIpc) is 2.92. The maximum atomic E-state index is 5.46. The number of benzene rings is 2. The first-order valence-electron chi connectivity index (χ1n) is 5.69. The van der Waals surface area contributed by atoms with E-state index in [1.165, 1.54) is 21.8 Å². The number of aromatic nitrogens is 1. The Bertz CT molecular complexity index is 851. The van der Waals surface area contributed by atoms with Crippen LogP contribution in [0.4, 0.5) is 0 Å². The number of rotatable bonds is 0. The minimum absolute atomic E-state index is 0.948. The summed E-state index contributed by atoms with van der Waals surface area (Å²) in [6.45, 7) is 0. The number of para-hydroxylation sites is 1. The van der Waals surface area contributed by atoms with Gasteiger partial charge in [-0.15, -0.1) is 0 Å². The summed E-state index contributed by atoms with van der Waals surface area (Å²) in [6.07, 6.45) is 1.74. The molecule has 0 N–H and O–H groups in total. The molecule has 0 saturated carbocycles. The average molecular weight is 221 g/mol. The molecule has 0 radical (unpaired) electrons. The molecular weight excluding hydrogens is 210 g/mol. The van der Waals surface area contributed by atoms with Crippen LogP contribution >= 0.6 is 0 Å². The molecule has 0 spiro atoms. The summed E-state index contributed by atoms with van der Waals surface area (Å²) >= 11 is 0. The van der Waals surface area contributed by atoms with Crippen molar-refractivity contribution < 1.29 is 4.42 Å². The van der Waals surface area contributed by atoms with Crippen LogP contribution in [-0.4, -0.2) is 4.57 Å². The highest BCUT2D eigenvalue weighted by atomic mass is 16.3. The standard InChI is InChI=1S/C15H11NO/c1-16-13-5-3-2-4-11(13)12-8-10-6-7-17-15(10)9-14(12)16/h2-9H,1H3. The zero-order chi connectivity index (χ0) is 11.4. The van der Waals surface area contributed by atoms with Gasteiger partial charge in [0.15, 0.2) is 0 Å². The molecule has 4 aromatic rings. The summed E-state index contributed by atoms with van der Waals surface area (Å²) in [6, 6.07) is 14.8. The largest absolute Gasteiger partial charge is 0.464 e. The topological polar surface area (TPSA) is 18.1 Å². The zero-order valence-electron chi connectivity index (χ0n) is 9.47. The van der Waals surface area contributed by atoms with Crippen molar-refractivity contribution in [2.75, 3.05) is 0 Å². The highest BCUT2D eigenvalue weighted by Crippen LogP contribution is 2.31. The van der Waals surface area contributed by atoms with E-state index in [4.69, 9.17) is 4.42 Å². The normalized spacial score (nSPS) is 11.8. The van der Waals surface area contributed by atoms with E-state index in [9.17, 15) is 0 Å². The van der Waals surface area contributed by atoms with Gasteiger partial charge in [-0.3, -0.25) is 0 Å². The van der Waals surface area contributed by atoms with Gasteiger partial charge in [-0.2, -0.15) is 0 Å². The van der Waals surface area contributed by atoms with E-state index in [-0.39, 0.29) is 0 Å². The molecule has 0 unspecified atom stereocenters. The van der Waals surface area contributed by atoms with Crippen LogP contribution in [0.25, 0.3) is 32.8 Å². The van der Waals surface area contributed by atoms with Crippen LogP contribution in [0.15, 0.2) is 53.1 Å². The van der Waals surface area contributed by atoms with Gasteiger partial charge in [0.25, 0.3) is 0 Å². The first kappa shape index (κ1) is 8.88. The zero-order valence-corrected chi connectivity index (χ0v) is 9.47. The van der Waals surface area contributed by atoms with E-state index < -0.39 is 0 Å². The molecule has 2 aromatic carbocycles. The number of aryl methyl sites for hydroxylation is 1. The molecule has 82 valence electrons. The molecule has 0 amide bonds. The lowest BCUT2D eigenvalue weighted by Crippen LogP contribution is -1.85. The third-order valence-electron chi connectivity index (χ3n) is 3.49. The van der Waals surface area contributed by atoms with Gasteiger partial charge in [-0.1, -0.05) is 18.2 Å². The van der Waals surface area contributed by atoms with Gasteiger partial charge in [-0.25, -0.2) is 0 Å². The van der Waals surface area contributed by atoms with E-state index >= 15 is 0 Å². The van der Waals surface area contributed by atoms with Gasteiger partial charge in [-0.05, 0) is 18.2 Å². The monoisotopic (exact) mass is 221 g/mol. The second-order valence-corrected chi connectivity index (χ2v) is 4.40. The number of nitrogens with zero attached hydrogens (tertiary/aromatic N) is 1. The van der Waals surface area contributed by atoms with E-state index in [2.05, 4.69) is 48.0 Å². The molecule has 0 bridgehead atoms. The van der Waals surface area contributed by atoms with E-state index in [1.807, 2.05) is 6.07 Å². The predicted molar refractivity (Wildman–Crippen MR) is 70.2 cm³/mol. The van der Waals surface area contributed by atoms with Gasteiger partial charge in [0.05, 0.1) is 11.8 Å². The summed E-state index contributed by atoms with van der Waals surface area (Å²) in [5.41, 5.74) is 3.42. The Morgan fingerprint density at radius 3 is 2.76 bits per heavy atom. The molecule has 2 nitrogen and oxygen atoms in total. The summed E-state index contributed by atoms with van der Waals surface area (Å²) in [5.74, 6) is 0. The molecule has 2 heterocycles. The highest BCUT2D eigenvalue weighted by Gasteiger charge is 2.09. The maximum Gasteiger partial charge on any atom is 0.135 e. The molecule has 2 heteroatoms. The third kappa shape index (κ3) is 1.04. The van der Waals surface area contributed by atoms with Crippen LogP contribution in [0.3, 0.4) is 0 Å². The van der Waals surface area contributed by atoms with Crippen molar-refractivity contribution in [3.8, 4) is 0 Å². The van der Waals surface area contributed by atoms with Gasteiger partial charge in [0, 0.05) is 34.8 Å². The molecule has 0 saturated heterocycles. The number of hydrogen-bond donors (Lipinski definition) is 0. The van der Waals surface area contributed by atoms with Crippen LogP contribution in [-0.2, 0) is 7.05 Å². The van der Waals surface area contributed by atoms with Crippen molar-refractivity contribution in [1.82, 2.24) is 4.57 Å². The van der Waals surface area contributed by atoms with Crippen molar-refractivity contribution in [2.45, 2.75) is 0 Å². The summed E-state index contributed by atoms with van der Waals surface area (Å²) < 4.78 is 7.68. The van der Waals surface area contributed by atoms with Crippen LogP contribution < -0.4 is 0 Å². The second-order valence-electron chi connectivity index (χ2n) is 4.40. The summed E-state index contributed by atoms with van der Waals surface area (Å²) in [5, 5.41) is 3.75. The molecule has 0 aliphatic heterocycles. The molecule has 4 rings (SSSR count).